The van der Waals surface area contributed by atoms with Gasteiger partial charge in [0.1, 0.15) is 19.3 Å². The Balaban J connectivity index is 5.32. The molecule has 0 aliphatic rings. The zero-order chi connectivity index (χ0) is 71.8. The predicted octanol–water partition coefficient (Wildman–Crippen LogP) is 22.0. The van der Waals surface area contributed by atoms with Crippen LogP contribution in [0.5, 0.6) is 0 Å². The second-order valence-corrected chi connectivity index (χ2v) is 28.5. The molecule has 5 atom stereocenters. The molecule has 0 saturated carbocycles. The lowest BCUT2D eigenvalue weighted by atomic mass is 10.1. The third-order valence-electron chi connectivity index (χ3n) is 16.0. The molecule has 0 heterocycles. The summed E-state index contributed by atoms with van der Waals surface area (Å²) in [7, 11) is -9.95. The van der Waals surface area contributed by atoms with Crippen molar-refractivity contribution in [3.8, 4) is 0 Å². The van der Waals surface area contributed by atoms with Crippen molar-refractivity contribution in [2.45, 2.75) is 341 Å². The fourth-order valence-electron chi connectivity index (χ4n) is 10.2. The molecule has 17 nitrogen and oxygen atoms in total. The molecule has 0 aromatic carbocycles. The molecule has 0 spiro atoms. The van der Waals surface area contributed by atoms with E-state index >= 15 is 0 Å². The predicted molar refractivity (Wildman–Crippen MR) is 399 cm³/mol. The molecule has 3 N–H and O–H groups in total. The first-order chi connectivity index (χ1) is 47.7. The van der Waals surface area contributed by atoms with Crippen LogP contribution in [0.15, 0.2) is 97.2 Å². The Morgan fingerprint density at radius 3 is 0.878 bits per heavy atom. The highest BCUT2D eigenvalue weighted by atomic mass is 31.2. The molecule has 0 aliphatic heterocycles. The van der Waals surface area contributed by atoms with Crippen LogP contribution in [-0.4, -0.2) is 96.7 Å². The first-order valence-electron chi connectivity index (χ1n) is 38.5. The van der Waals surface area contributed by atoms with Crippen molar-refractivity contribution in [1.82, 2.24) is 0 Å². The first kappa shape index (κ1) is 94.0. The lowest BCUT2D eigenvalue weighted by Gasteiger charge is -2.21. The van der Waals surface area contributed by atoms with Gasteiger partial charge in [0.05, 0.1) is 26.4 Å². The number of aliphatic hydroxyl groups excluding tert-OH is 1. The number of carbonyl (C=O) groups is 4. The van der Waals surface area contributed by atoms with Gasteiger partial charge in [0.25, 0.3) is 0 Å². The van der Waals surface area contributed by atoms with Crippen molar-refractivity contribution in [3.63, 3.8) is 0 Å². The highest BCUT2D eigenvalue weighted by molar-refractivity contribution is 7.47. The molecule has 0 saturated heterocycles. The van der Waals surface area contributed by atoms with Crippen molar-refractivity contribution < 1.29 is 80.2 Å². The van der Waals surface area contributed by atoms with Gasteiger partial charge >= 0.3 is 39.5 Å². The van der Waals surface area contributed by atoms with Gasteiger partial charge in [0.2, 0.25) is 0 Å². The summed E-state index contributed by atoms with van der Waals surface area (Å²) in [4.78, 5) is 72.8. The zero-order valence-corrected chi connectivity index (χ0v) is 63.5. The highest BCUT2D eigenvalue weighted by Crippen LogP contribution is 2.45. The summed E-state index contributed by atoms with van der Waals surface area (Å²) in [6, 6.07) is 0. The number of phosphoric ester groups is 2. The van der Waals surface area contributed by atoms with Gasteiger partial charge in [-0.25, -0.2) is 9.13 Å². The first-order valence-corrected chi connectivity index (χ1v) is 41.5. The van der Waals surface area contributed by atoms with E-state index in [1.807, 2.05) is 0 Å². The minimum atomic E-state index is -4.98. The van der Waals surface area contributed by atoms with E-state index in [2.05, 4.69) is 125 Å². The Morgan fingerprint density at radius 2 is 0.551 bits per heavy atom. The number of hydrogen-bond donors (Lipinski definition) is 3. The summed E-state index contributed by atoms with van der Waals surface area (Å²) in [5.41, 5.74) is 0. The summed E-state index contributed by atoms with van der Waals surface area (Å²) in [5.74, 6) is -2.21. The Morgan fingerprint density at radius 1 is 0.296 bits per heavy atom. The van der Waals surface area contributed by atoms with E-state index < -0.39 is 97.5 Å². The van der Waals surface area contributed by atoms with Crippen LogP contribution in [0.2, 0.25) is 0 Å². The van der Waals surface area contributed by atoms with Crippen LogP contribution in [0, 0.1) is 0 Å². The van der Waals surface area contributed by atoms with Gasteiger partial charge in [-0.15, -0.1) is 0 Å². The maximum absolute atomic E-state index is 13.1. The number of rotatable bonds is 72. The average Bonchev–Trinajstić information content (AvgIpc) is 0.972. The largest absolute Gasteiger partial charge is 0.472 e. The topological polar surface area (TPSA) is 237 Å². The molecule has 0 aromatic rings. The van der Waals surface area contributed by atoms with Gasteiger partial charge in [-0.1, -0.05) is 273 Å². The summed E-state index contributed by atoms with van der Waals surface area (Å²) < 4.78 is 68.4. The van der Waals surface area contributed by atoms with Gasteiger partial charge in [-0.3, -0.25) is 37.3 Å². The minimum Gasteiger partial charge on any atom is -0.462 e. The summed E-state index contributed by atoms with van der Waals surface area (Å²) in [6.45, 7) is 4.64. The molecule has 98 heavy (non-hydrogen) atoms. The molecule has 0 amide bonds. The molecule has 19 heteroatoms. The normalized spacial score (nSPS) is 14.5. The number of allylic oxidation sites excluding steroid dienone is 16. The molecule has 0 aliphatic carbocycles. The van der Waals surface area contributed by atoms with Gasteiger partial charge in [-0.05, 0) is 122 Å². The molecule has 566 valence electrons. The standard InChI is InChI=1S/C79H138O17P2/c1-5-9-13-17-21-25-29-32-34-35-36-37-39-42-45-48-52-56-60-64-77(82)90-70-75(96-79(84)66-62-58-54-50-46-40-31-27-23-19-15-11-7-3)72-94-98(87,88)92-68-73(80)67-91-97(85,86)93-71-74(95-78(83)65-61-57-53-49-43-28-24-20-16-12-8-4)69-89-76(81)63-59-55-51-47-44-41-38-33-30-26-22-18-14-10-6-2/h9,13,15,19,21-22,25-27,31-34,36-38,73-75,80H,5-8,10-12,14,16-18,20,23-24,28-30,35,39-72H2,1-4H3,(H,85,86)(H,87,88)/b13-9-,19-15-,25-21-,26-22-,31-27-,34-32-,37-36-,38-33-. The summed E-state index contributed by atoms with van der Waals surface area (Å²) in [6.07, 6.45) is 73.9. The van der Waals surface area contributed by atoms with E-state index in [1.165, 1.54) is 57.8 Å². The van der Waals surface area contributed by atoms with Crippen molar-refractivity contribution in [2.24, 2.45) is 0 Å². The van der Waals surface area contributed by atoms with Crippen LogP contribution in [0.4, 0.5) is 0 Å². The van der Waals surface area contributed by atoms with Gasteiger partial charge < -0.3 is 33.8 Å². The van der Waals surface area contributed by atoms with Crippen molar-refractivity contribution in [1.29, 1.82) is 0 Å². The van der Waals surface area contributed by atoms with Crippen LogP contribution in [0.25, 0.3) is 0 Å². The van der Waals surface area contributed by atoms with Crippen molar-refractivity contribution in [2.75, 3.05) is 39.6 Å². The number of unbranched alkanes of at least 4 members (excludes halogenated alkanes) is 30. The third kappa shape index (κ3) is 70.4. The maximum atomic E-state index is 13.1. The van der Waals surface area contributed by atoms with Crippen molar-refractivity contribution in [3.05, 3.63) is 97.2 Å². The van der Waals surface area contributed by atoms with Crippen LogP contribution >= 0.6 is 15.6 Å². The third-order valence-corrected chi connectivity index (χ3v) is 17.9. The fraction of sp³-hybridized carbons (Fsp3) is 0.747. The Labute approximate surface area is 595 Å². The number of carbonyl (C=O) groups excluding carboxylic acids is 4. The number of aliphatic hydroxyl groups is 1. The smallest absolute Gasteiger partial charge is 0.462 e. The quantitative estimate of drug-likeness (QED) is 0.0169. The minimum absolute atomic E-state index is 0.0751. The molecule has 0 bridgehead atoms. The highest BCUT2D eigenvalue weighted by Gasteiger charge is 2.30. The van der Waals surface area contributed by atoms with E-state index in [0.29, 0.717) is 25.7 Å². The SMILES string of the molecule is CC/C=C\C/C=C\C/C=C\C/C=C\CCCCCCCCC(=O)OCC(COP(=O)(O)OCC(O)COP(=O)(O)OCC(COC(=O)CCCCCCC/C=C\C/C=C\CCCCC)OC(=O)CCCCCCCCCCCCC)OC(=O)CCCCCCC/C=C\C/C=C\CCC. The molecule has 0 aromatic heterocycles. The maximum Gasteiger partial charge on any atom is 0.472 e. The Hall–Kier alpha value is -4.02. The Bertz CT molecular complexity index is 2240. The Kier molecular flexibility index (Phi) is 68.4. The number of esters is 4. The number of hydrogen-bond acceptors (Lipinski definition) is 15. The van der Waals surface area contributed by atoms with Crippen LogP contribution in [-0.2, 0) is 65.4 Å². The van der Waals surface area contributed by atoms with Gasteiger partial charge in [0.15, 0.2) is 12.2 Å². The van der Waals surface area contributed by atoms with Crippen LogP contribution < -0.4 is 0 Å². The molecular weight excluding hydrogens is 1280 g/mol. The van der Waals surface area contributed by atoms with E-state index in [0.717, 1.165) is 186 Å². The molecule has 0 rings (SSSR count). The van der Waals surface area contributed by atoms with E-state index in [1.54, 1.807) is 0 Å². The van der Waals surface area contributed by atoms with Crippen molar-refractivity contribution >= 4 is 39.5 Å². The summed E-state index contributed by atoms with van der Waals surface area (Å²) >= 11 is 0. The molecule has 0 fully saturated rings. The van der Waals surface area contributed by atoms with E-state index in [4.69, 9.17) is 37.0 Å². The summed E-state index contributed by atoms with van der Waals surface area (Å²) in [5, 5.41) is 10.6. The van der Waals surface area contributed by atoms with Gasteiger partial charge in [-0.2, -0.15) is 0 Å². The number of ether oxygens (including phenoxy) is 4. The average molecular weight is 1420 g/mol. The van der Waals surface area contributed by atoms with Crippen LogP contribution in [0.1, 0.15) is 323 Å². The molecular formula is C79H138O17P2. The molecule has 5 unspecified atom stereocenters. The lowest BCUT2D eigenvalue weighted by Crippen LogP contribution is -2.30. The van der Waals surface area contributed by atoms with E-state index in [-0.39, 0.29) is 25.7 Å². The van der Waals surface area contributed by atoms with Crippen LogP contribution in [0.3, 0.4) is 0 Å². The zero-order valence-electron chi connectivity index (χ0n) is 61.7. The second-order valence-electron chi connectivity index (χ2n) is 25.6. The second kappa shape index (κ2) is 71.4. The van der Waals surface area contributed by atoms with E-state index in [9.17, 15) is 43.2 Å². The lowest BCUT2D eigenvalue weighted by molar-refractivity contribution is -0.161. The van der Waals surface area contributed by atoms with Gasteiger partial charge in [0, 0.05) is 25.7 Å². The number of phosphoric acid groups is 2. The monoisotopic (exact) mass is 1420 g/mol. The fourth-order valence-corrected chi connectivity index (χ4v) is 11.7. The molecule has 0 radical (unpaired) electrons.